The number of primary amides is 1. The Hall–Kier alpha value is -1.15. The van der Waals surface area contributed by atoms with Crippen LogP contribution in [-0.4, -0.2) is 44.9 Å². The molecular weight excluding hydrogens is 326 g/mol. The minimum atomic E-state index is -3.57. The summed E-state index contributed by atoms with van der Waals surface area (Å²) in [5, 5.41) is 0.510. The first-order valence-electron chi connectivity index (χ1n) is 7.07. The number of sulfonamides is 1. The number of carbonyl (C=O) groups excluding carboxylic acids is 1. The van der Waals surface area contributed by atoms with Crippen molar-refractivity contribution in [3.8, 4) is 0 Å². The molecule has 1 amide bonds. The van der Waals surface area contributed by atoms with E-state index in [4.69, 9.17) is 17.3 Å². The van der Waals surface area contributed by atoms with Gasteiger partial charge in [-0.3, -0.25) is 9.69 Å². The maximum Gasteiger partial charge on any atom is 0.241 e. The van der Waals surface area contributed by atoms with E-state index in [9.17, 15) is 13.2 Å². The molecule has 0 aromatic heterocycles. The third-order valence-electron chi connectivity index (χ3n) is 3.72. The lowest BCUT2D eigenvalue weighted by molar-refractivity contribution is -0.119. The van der Waals surface area contributed by atoms with Crippen LogP contribution in [0, 0.1) is 6.92 Å². The second-order valence-corrected chi connectivity index (χ2v) is 7.67. The van der Waals surface area contributed by atoms with E-state index in [-0.39, 0.29) is 23.4 Å². The van der Waals surface area contributed by atoms with Gasteiger partial charge in [-0.25, -0.2) is 13.1 Å². The molecule has 1 aliphatic heterocycles. The topological polar surface area (TPSA) is 92.5 Å². The summed E-state index contributed by atoms with van der Waals surface area (Å²) in [7, 11) is -3.57. The average Bonchev–Trinajstić information content (AvgIpc) is 2.39. The minimum Gasteiger partial charge on any atom is -0.369 e. The standard InChI is InChI=1S/C14H20ClN3O3S/c1-10-8-11(15)2-3-13(10)22(20,21)17-12-4-6-18(7-5-12)9-14(16)19/h2-3,8,12,17H,4-7,9H2,1H3,(H2,16,19). The maximum absolute atomic E-state index is 12.4. The Balaban J connectivity index is 2.00. The van der Waals surface area contributed by atoms with Crippen LogP contribution in [0.15, 0.2) is 23.1 Å². The molecule has 1 aliphatic rings. The van der Waals surface area contributed by atoms with Crippen molar-refractivity contribution in [1.82, 2.24) is 9.62 Å². The Labute approximate surface area is 135 Å². The summed E-state index contributed by atoms with van der Waals surface area (Å²) < 4.78 is 27.6. The van der Waals surface area contributed by atoms with Crippen molar-refractivity contribution in [1.29, 1.82) is 0 Å². The van der Waals surface area contributed by atoms with Crippen LogP contribution >= 0.6 is 11.6 Å². The lowest BCUT2D eigenvalue weighted by Crippen LogP contribution is -2.46. The van der Waals surface area contributed by atoms with Crippen LogP contribution in [0.3, 0.4) is 0 Å². The molecule has 0 radical (unpaired) electrons. The number of nitrogens with two attached hydrogens (primary N) is 1. The Morgan fingerprint density at radius 3 is 2.59 bits per heavy atom. The van der Waals surface area contributed by atoms with Gasteiger partial charge in [0.25, 0.3) is 0 Å². The smallest absolute Gasteiger partial charge is 0.241 e. The first-order chi connectivity index (χ1) is 10.3. The predicted octanol–water partition coefficient (Wildman–Crippen LogP) is 0.876. The normalized spacial score (nSPS) is 17.5. The number of hydrogen-bond acceptors (Lipinski definition) is 4. The van der Waals surface area contributed by atoms with Crippen molar-refractivity contribution < 1.29 is 13.2 Å². The van der Waals surface area contributed by atoms with Crippen molar-refractivity contribution in [3.05, 3.63) is 28.8 Å². The van der Waals surface area contributed by atoms with Gasteiger partial charge in [-0.15, -0.1) is 0 Å². The number of nitrogens with zero attached hydrogens (tertiary/aromatic N) is 1. The summed E-state index contributed by atoms with van der Waals surface area (Å²) in [5.74, 6) is -0.365. The number of piperidine rings is 1. The first kappa shape index (κ1) is 17.2. The summed E-state index contributed by atoms with van der Waals surface area (Å²) >= 11 is 5.86. The second-order valence-electron chi connectivity index (χ2n) is 5.55. The van der Waals surface area contributed by atoms with Crippen LogP contribution in [-0.2, 0) is 14.8 Å². The molecule has 22 heavy (non-hydrogen) atoms. The van der Waals surface area contributed by atoms with Crippen LogP contribution in [0.4, 0.5) is 0 Å². The summed E-state index contributed by atoms with van der Waals surface area (Å²) in [6.07, 6.45) is 1.30. The van der Waals surface area contributed by atoms with Gasteiger partial charge in [0, 0.05) is 24.2 Å². The highest BCUT2D eigenvalue weighted by Gasteiger charge is 2.26. The fourth-order valence-electron chi connectivity index (χ4n) is 2.63. The van der Waals surface area contributed by atoms with Gasteiger partial charge in [0.2, 0.25) is 15.9 Å². The van der Waals surface area contributed by atoms with E-state index in [2.05, 4.69) is 4.72 Å². The molecule has 6 nitrogen and oxygen atoms in total. The van der Waals surface area contributed by atoms with Crippen LogP contribution < -0.4 is 10.5 Å². The molecule has 1 saturated heterocycles. The van der Waals surface area contributed by atoms with Crippen LogP contribution in [0.5, 0.6) is 0 Å². The summed E-state index contributed by atoms with van der Waals surface area (Å²) in [6.45, 7) is 3.23. The third-order valence-corrected chi connectivity index (χ3v) is 5.63. The number of hydrogen-bond donors (Lipinski definition) is 2. The molecule has 0 bridgehead atoms. The molecule has 1 fully saturated rings. The van der Waals surface area contributed by atoms with E-state index in [0.29, 0.717) is 36.5 Å². The number of aryl methyl sites for hydroxylation is 1. The molecule has 8 heteroatoms. The first-order valence-corrected chi connectivity index (χ1v) is 8.93. The molecule has 3 N–H and O–H groups in total. The van der Waals surface area contributed by atoms with E-state index < -0.39 is 10.0 Å². The van der Waals surface area contributed by atoms with E-state index >= 15 is 0 Å². The van der Waals surface area contributed by atoms with Crippen LogP contribution in [0.2, 0.25) is 5.02 Å². The zero-order chi connectivity index (χ0) is 16.3. The summed E-state index contributed by atoms with van der Waals surface area (Å²) in [4.78, 5) is 13.1. The van der Waals surface area contributed by atoms with Crippen molar-refractivity contribution in [2.24, 2.45) is 5.73 Å². The van der Waals surface area contributed by atoms with Gasteiger partial charge in [-0.1, -0.05) is 11.6 Å². The molecule has 0 saturated carbocycles. The largest absolute Gasteiger partial charge is 0.369 e. The van der Waals surface area contributed by atoms with Gasteiger partial charge in [0.05, 0.1) is 11.4 Å². The van der Waals surface area contributed by atoms with Gasteiger partial charge in [0.1, 0.15) is 0 Å². The molecule has 0 spiro atoms. The number of amides is 1. The molecule has 1 aromatic carbocycles. The van der Waals surface area contributed by atoms with Crippen LogP contribution in [0.1, 0.15) is 18.4 Å². The van der Waals surface area contributed by atoms with Gasteiger partial charge < -0.3 is 5.73 Å². The molecule has 0 unspecified atom stereocenters. The lowest BCUT2D eigenvalue weighted by Gasteiger charge is -2.31. The highest BCUT2D eigenvalue weighted by molar-refractivity contribution is 7.89. The van der Waals surface area contributed by atoms with E-state index in [0.717, 1.165) is 0 Å². The maximum atomic E-state index is 12.4. The van der Waals surface area contributed by atoms with Crippen molar-refractivity contribution >= 4 is 27.5 Å². The van der Waals surface area contributed by atoms with Gasteiger partial charge in [-0.05, 0) is 43.5 Å². The van der Waals surface area contributed by atoms with Crippen molar-refractivity contribution in [2.75, 3.05) is 19.6 Å². The number of likely N-dealkylation sites (tertiary alicyclic amines) is 1. The molecule has 1 heterocycles. The van der Waals surface area contributed by atoms with E-state index in [1.807, 2.05) is 4.90 Å². The SMILES string of the molecule is Cc1cc(Cl)ccc1S(=O)(=O)NC1CCN(CC(N)=O)CC1. The van der Waals surface area contributed by atoms with E-state index in [1.54, 1.807) is 19.1 Å². The lowest BCUT2D eigenvalue weighted by atomic mass is 10.1. The van der Waals surface area contributed by atoms with Gasteiger partial charge >= 0.3 is 0 Å². The Kier molecular flexibility index (Phi) is 5.44. The minimum absolute atomic E-state index is 0.135. The van der Waals surface area contributed by atoms with Gasteiger partial charge in [0.15, 0.2) is 0 Å². The Bertz CT molecular complexity index is 655. The average molecular weight is 346 g/mol. The number of benzene rings is 1. The Morgan fingerprint density at radius 2 is 2.05 bits per heavy atom. The monoisotopic (exact) mass is 345 g/mol. The molecule has 1 aromatic rings. The molecular formula is C14H20ClN3O3S. The number of halogens is 1. The molecule has 2 rings (SSSR count). The second kappa shape index (κ2) is 6.95. The summed E-state index contributed by atoms with van der Waals surface area (Å²) in [5.41, 5.74) is 5.78. The van der Waals surface area contributed by atoms with E-state index in [1.165, 1.54) is 6.07 Å². The zero-order valence-corrected chi connectivity index (χ0v) is 14.0. The number of rotatable bonds is 5. The predicted molar refractivity (Wildman–Crippen MR) is 85.2 cm³/mol. The number of nitrogens with one attached hydrogen (secondary N) is 1. The fraction of sp³-hybridized carbons (Fsp3) is 0.500. The van der Waals surface area contributed by atoms with Crippen molar-refractivity contribution in [2.45, 2.75) is 30.7 Å². The highest BCUT2D eigenvalue weighted by atomic mass is 35.5. The van der Waals surface area contributed by atoms with Crippen molar-refractivity contribution in [3.63, 3.8) is 0 Å². The molecule has 0 atom stereocenters. The number of carbonyl (C=O) groups is 1. The zero-order valence-electron chi connectivity index (χ0n) is 12.4. The fourth-order valence-corrected chi connectivity index (χ4v) is 4.38. The Morgan fingerprint density at radius 1 is 1.41 bits per heavy atom. The third kappa shape index (κ3) is 4.42. The van der Waals surface area contributed by atoms with Gasteiger partial charge in [-0.2, -0.15) is 0 Å². The quantitative estimate of drug-likeness (QED) is 0.828. The molecule has 122 valence electrons. The summed E-state index contributed by atoms with van der Waals surface area (Å²) in [6, 6.07) is 4.58. The molecule has 0 aliphatic carbocycles. The van der Waals surface area contributed by atoms with Crippen LogP contribution in [0.25, 0.3) is 0 Å². The highest BCUT2D eigenvalue weighted by Crippen LogP contribution is 2.21.